The first-order valence-electron chi connectivity index (χ1n) is 12.1. The fraction of sp³-hybridized carbons (Fsp3) is 0.536. The summed E-state index contributed by atoms with van der Waals surface area (Å²) < 4.78 is 5.58. The van der Waals surface area contributed by atoms with Crippen LogP contribution in [0.1, 0.15) is 62.3 Å². The average Bonchev–Trinajstić information content (AvgIpc) is 2.77. The zero-order chi connectivity index (χ0) is 21.6. The highest BCUT2D eigenvalue weighted by Crippen LogP contribution is 2.42. The molecule has 1 unspecified atom stereocenters. The predicted octanol–water partition coefficient (Wildman–Crippen LogP) is 6.20. The molecule has 0 radical (unpaired) electrons. The number of rotatable bonds is 1. The standard InChI is InChI=1S/C28H35NO2/c1-28(2,3)31-27(30)29-16-14-19(15-17-29)22-9-8-21-11-12-24-23-7-5-4-6-20(23)10-13-25(24)26(21)18-22/h4-7,11-12,19,22H,8-10,13-18H2,1-3H3. The van der Waals surface area contributed by atoms with Gasteiger partial charge in [0.2, 0.25) is 0 Å². The minimum atomic E-state index is -0.418. The van der Waals surface area contributed by atoms with Crippen molar-refractivity contribution in [1.29, 1.82) is 0 Å². The number of likely N-dealkylation sites (tertiary alicyclic amines) is 1. The van der Waals surface area contributed by atoms with Crippen molar-refractivity contribution in [3.8, 4) is 11.1 Å². The summed E-state index contributed by atoms with van der Waals surface area (Å²) in [5.41, 5.74) is 8.85. The normalized spacial score (nSPS) is 21.1. The van der Waals surface area contributed by atoms with E-state index in [9.17, 15) is 4.79 Å². The lowest BCUT2D eigenvalue weighted by molar-refractivity contribution is 0.0155. The number of hydrogen-bond donors (Lipinski definition) is 0. The van der Waals surface area contributed by atoms with Crippen LogP contribution in [0, 0.1) is 11.8 Å². The molecule has 0 bridgehead atoms. The Kier molecular flexibility index (Phi) is 5.32. The molecule has 3 heteroatoms. The Morgan fingerprint density at radius 1 is 0.839 bits per heavy atom. The molecular formula is C28H35NO2. The van der Waals surface area contributed by atoms with Crippen LogP contribution < -0.4 is 0 Å². The molecule has 0 spiro atoms. The van der Waals surface area contributed by atoms with Crippen LogP contribution in [-0.2, 0) is 30.4 Å². The van der Waals surface area contributed by atoms with Gasteiger partial charge in [-0.2, -0.15) is 0 Å². The van der Waals surface area contributed by atoms with Crippen LogP contribution in [-0.4, -0.2) is 29.7 Å². The van der Waals surface area contributed by atoms with E-state index in [-0.39, 0.29) is 6.09 Å². The van der Waals surface area contributed by atoms with Gasteiger partial charge in [-0.1, -0.05) is 36.4 Å². The second kappa shape index (κ2) is 8.00. The fourth-order valence-electron chi connectivity index (χ4n) is 6.02. The highest BCUT2D eigenvalue weighted by atomic mass is 16.6. The van der Waals surface area contributed by atoms with Crippen molar-refractivity contribution in [1.82, 2.24) is 4.90 Å². The van der Waals surface area contributed by atoms with Gasteiger partial charge in [-0.05, 0) is 111 Å². The van der Waals surface area contributed by atoms with Gasteiger partial charge in [0.25, 0.3) is 0 Å². The van der Waals surface area contributed by atoms with Gasteiger partial charge in [-0.15, -0.1) is 0 Å². The molecule has 1 amide bonds. The lowest BCUT2D eigenvalue weighted by atomic mass is 9.70. The zero-order valence-corrected chi connectivity index (χ0v) is 19.2. The molecule has 31 heavy (non-hydrogen) atoms. The van der Waals surface area contributed by atoms with E-state index in [1.807, 2.05) is 25.7 Å². The van der Waals surface area contributed by atoms with E-state index in [4.69, 9.17) is 4.74 Å². The van der Waals surface area contributed by atoms with E-state index in [0.29, 0.717) is 0 Å². The smallest absolute Gasteiger partial charge is 0.410 e. The molecule has 3 nitrogen and oxygen atoms in total. The first-order valence-corrected chi connectivity index (χ1v) is 12.1. The summed E-state index contributed by atoms with van der Waals surface area (Å²) in [6.07, 6.45) is 8.14. The lowest BCUT2D eigenvalue weighted by Gasteiger charge is -2.39. The largest absolute Gasteiger partial charge is 0.444 e. The van der Waals surface area contributed by atoms with Crippen molar-refractivity contribution in [2.45, 2.75) is 71.3 Å². The van der Waals surface area contributed by atoms with Crippen LogP contribution in [0.15, 0.2) is 36.4 Å². The van der Waals surface area contributed by atoms with Crippen LogP contribution in [0.3, 0.4) is 0 Å². The topological polar surface area (TPSA) is 29.5 Å². The Hall–Kier alpha value is -2.29. The van der Waals surface area contributed by atoms with Crippen molar-refractivity contribution in [3.63, 3.8) is 0 Å². The number of hydrogen-bond acceptors (Lipinski definition) is 2. The van der Waals surface area contributed by atoms with Crippen LogP contribution in [0.25, 0.3) is 11.1 Å². The van der Waals surface area contributed by atoms with Gasteiger partial charge in [0.15, 0.2) is 0 Å². The van der Waals surface area contributed by atoms with E-state index in [1.54, 1.807) is 16.7 Å². The molecule has 5 rings (SSSR count). The molecule has 0 N–H and O–H groups in total. The van der Waals surface area contributed by atoms with Gasteiger partial charge in [0.1, 0.15) is 5.60 Å². The number of piperidine rings is 1. The van der Waals surface area contributed by atoms with E-state index in [2.05, 4.69) is 36.4 Å². The third kappa shape index (κ3) is 4.12. The molecule has 3 aliphatic rings. The molecule has 0 aromatic heterocycles. The van der Waals surface area contributed by atoms with Crippen LogP contribution in [0.2, 0.25) is 0 Å². The van der Waals surface area contributed by atoms with E-state index in [1.165, 1.54) is 48.8 Å². The monoisotopic (exact) mass is 417 g/mol. The second-order valence-electron chi connectivity index (χ2n) is 10.7. The van der Waals surface area contributed by atoms with E-state index in [0.717, 1.165) is 37.8 Å². The average molecular weight is 418 g/mol. The number of aryl methyl sites for hydroxylation is 2. The molecule has 1 saturated heterocycles. The van der Waals surface area contributed by atoms with Crippen LogP contribution in [0.4, 0.5) is 4.79 Å². The van der Waals surface area contributed by atoms with Gasteiger partial charge in [0, 0.05) is 13.1 Å². The van der Waals surface area contributed by atoms with Crippen molar-refractivity contribution in [3.05, 3.63) is 58.7 Å². The minimum Gasteiger partial charge on any atom is -0.444 e. The highest BCUT2D eigenvalue weighted by Gasteiger charge is 2.33. The van der Waals surface area contributed by atoms with Crippen molar-refractivity contribution in [2.24, 2.45) is 11.8 Å². The number of carbonyl (C=O) groups is 1. The van der Waals surface area contributed by atoms with E-state index >= 15 is 0 Å². The number of fused-ring (bicyclic) bond motifs is 5. The Labute approximate surface area is 186 Å². The van der Waals surface area contributed by atoms with Gasteiger partial charge in [-0.3, -0.25) is 0 Å². The Balaban J connectivity index is 1.30. The van der Waals surface area contributed by atoms with Gasteiger partial charge in [-0.25, -0.2) is 4.79 Å². The van der Waals surface area contributed by atoms with Crippen molar-refractivity contribution >= 4 is 6.09 Å². The number of benzene rings is 2. The summed E-state index contributed by atoms with van der Waals surface area (Å²) in [6.45, 7) is 7.50. The summed E-state index contributed by atoms with van der Waals surface area (Å²) >= 11 is 0. The molecular weight excluding hydrogens is 382 g/mol. The SMILES string of the molecule is CC(C)(C)OC(=O)N1CCC(C2CCc3ccc4c(c3C2)CCc2ccccc2-4)CC1. The zero-order valence-electron chi connectivity index (χ0n) is 19.2. The summed E-state index contributed by atoms with van der Waals surface area (Å²) in [5, 5.41) is 0. The summed E-state index contributed by atoms with van der Waals surface area (Å²) in [6, 6.07) is 13.7. The summed E-state index contributed by atoms with van der Waals surface area (Å²) in [4.78, 5) is 14.3. The highest BCUT2D eigenvalue weighted by molar-refractivity contribution is 5.75. The summed E-state index contributed by atoms with van der Waals surface area (Å²) in [5.74, 6) is 1.47. The number of carbonyl (C=O) groups excluding carboxylic acids is 1. The van der Waals surface area contributed by atoms with Gasteiger partial charge >= 0.3 is 6.09 Å². The molecule has 2 aromatic rings. The third-order valence-corrected chi connectivity index (χ3v) is 7.59. The van der Waals surface area contributed by atoms with Gasteiger partial charge in [0.05, 0.1) is 0 Å². The second-order valence-corrected chi connectivity index (χ2v) is 10.7. The quantitative estimate of drug-likeness (QED) is 0.552. The minimum absolute atomic E-state index is 0.146. The molecule has 1 aliphatic heterocycles. The maximum Gasteiger partial charge on any atom is 0.410 e. The van der Waals surface area contributed by atoms with Crippen molar-refractivity contribution < 1.29 is 9.53 Å². The molecule has 164 valence electrons. The molecule has 2 aliphatic carbocycles. The lowest BCUT2D eigenvalue weighted by Crippen LogP contribution is -2.43. The summed E-state index contributed by atoms with van der Waals surface area (Å²) in [7, 11) is 0. The molecule has 1 atom stereocenters. The molecule has 0 saturated carbocycles. The van der Waals surface area contributed by atoms with Gasteiger partial charge < -0.3 is 9.64 Å². The third-order valence-electron chi connectivity index (χ3n) is 7.59. The predicted molar refractivity (Wildman–Crippen MR) is 125 cm³/mol. The van der Waals surface area contributed by atoms with Crippen LogP contribution in [0.5, 0.6) is 0 Å². The Morgan fingerprint density at radius 3 is 2.39 bits per heavy atom. The van der Waals surface area contributed by atoms with Crippen molar-refractivity contribution in [2.75, 3.05) is 13.1 Å². The number of amides is 1. The maximum atomic E-state index is 12.4. The number of nitrogens with zero attached hydrogens (tertiary/aromatic N) is 1. The first kappa shape index (κ1) is 20.6. The fourth-order valence-corrected chi connectivity index (χ4v) is 6.02. The molecule has 1 heterocycles. The maximum absolute atomic E-state index is 12.4. The molecule has 2 aromatic carbocycles. The Morgan fingerprint density at radius 2 is 1.61 bits per heavy atom. The molecule has 1 fully saturated rings. The Bertz CT molecular complexity index is 979. The number of ether oxygens (including phenoxy) is 1. The van der Waals surface area contributed by atoms with E-state index < -0.39 is 5.60 Å². The first-order chi connectivity index (χ1) is 14.9. The van der Waals surface area contributed by atoms with Crippen LogP contribution >= 0.6 is 0 Å².